The zero-order valence-corrected chi connectivity index (χ0v) is 15.1. The molecule has 2 rings (SSSR count). The third-order valence-electron chi connectivity index (χ3n) is 5.24. The zero-order chi connectivity index (χ0) is 18.6. The molecule has 1 aliphatic heterocycles. The summed E-state index contributed by atoms with van der Waals surface area (Å²) in [6.07, 6.45) is 4.68. The molecule has 25 heavy (non-hydrogen) atoms. The zero-order valence-electron chi connectivity index (χ0n) is 15.1. The van der Waals surface area contributed by atoms with Crippen molar-refractivity contribution in [3.05, 3.63) is 0 Å². The number of methoxy groups -OCH3 is 1. The molecule has 1 aliphatic carbocycles. The van der Waals surface area contributed by atoms with Crippen molar-refractivity contribution >= 4 is 23.8 Å². The second-order valence-corrected chi connectivity index (χ2v) is 6.92. The van der Waals surface area contributed by atoms with Crippen LogP contribution in [0.3, 0.4) is 0 Å². The number of imide groups is 1. The highest BCUT2D eigenvalue weighted by Crippen LogP contribution is 2.33. The van der Waals surface area contributed by atoms with E-state index in [1.165, 1.54) is 7.11 Å². The minimum atomic E-state index is -0.853. The van der Waals surface area contributed by atoms with Crippen LogP contribution in [-0.2, 0) is 19.1 Å². The van der Waals surface area contributed by atoms with Crippen LogP contribution in [0.2, 0.25) is 0 Å². The van der Waals surface area contributed by atoms with Crippen LogP contribution in [0.15, 0.2) is 0 Å². The van der Waals surface area contributed by atoms with Crippen molar-refractivity contribution in [1.29, 1.82) is 0 Å². The van der Waals surface area contributed by atoms with Crippen LogP contribution in [-0.4, -0.2) is 54.0 Å². The summed E-state index contributed by atoms with van der Waals surface area (Å²) in [5, 5.41) is 5.35. The lowest BCUT2D eigenvalue weighted by molar-refractivity contribution is -0.146. The van der Waals surface area contributed by atoms with Gasteiger partial charge in [0, 0.05) is 0 Å². The Balaban J connectivity index is 2.03. The van der Waals surface area contributed by atoms with Gasteiger partial charge in [-0.15, -0.1) is 0 Å². The molecule has 1 saturated heterocycles. The standard InChI is InChI=1S/C17H27N3O5/c1-4-11(2)13(14(22)25-3)18-12(21)10-20-15(23)17(19-16(20)24)8-6-5-7-9-17/h11,13H,4-10H2,1-3H3,(H,18,21)(H,19,24)/t11-,13-/m0/s1. The lowest BCUT2D eigenvalue weighted by Crippen LogP contribution is -2.51. The first-order valence-electron chi connectivity index (χ1n) is 8.86. The van der Waals surface area contributed by atoms with E-state index in [-0.39, 0.29) is 11.8 Å². The fourth-order valence-electron chi connectivity index (χ4n) is 3.47. The molecule has 0 aromatic carbocycles. The number of nitrogens with zero attached hydrogens (tertiary/aromatic N) is 1. The summed E-state index contributed by atoms with van der Waals surface area (Å²) in [4.78, 5) is 50.0. The van der Waals surface area contributed by atoms with Gasteiger partial charge in [0.1, 0.15) is 18.1 Å². The predicted octanol–water partition coefficient (Wildman–Crippen LogP) is 0.945. The summed E-state index contributed by atoms with van der Waals surface area (Å²) in [5.74, 6) is -1.55. The molecule has 1 spiro atoms. The van der Waals surface area contributed by atoms with Crippen LogP contribution in [0.5, 0.6) is 0 Å². The monoisotopic (exact) mass is 353 g/mol. The van der Waals surface area contributed by atoms with Crippen molar-refractivity contribution in [2.24, 2.45) is 5.92 Å². The van der Waals surface area contributed by atoms with Gasteiger partial charge in [0.25, 0.3) is 5.91 Å². The predicted molar refractivity (Wildman–Crippen MR) is 89.5 cm³/mol. The van der Waals surface area contributed by atoms with Gasteiger partial charge < -0.3 is 15.4 Å². The fourth-order valence-corrected chi connectivity index (χ4v) is 3.47. The first-order valence-corrected chi connectivity index (χ1v) is 8.86. The highest BCUT2D eigenvalue weighted by Gasteiger charge is 2.51. The van der Waals surface area contributed by atoms with E-state index in [0.29, 0.717) is 19.3 Å². The Kier molecular flexibility index (Phi) is 6.02. The van der Waals surface area contributed by atoms with Crippen LogP contribution < -0.4 is 10.6 Å². The van der Waals surface area contributed by atoms with E-state index in [1.807, 2.05) is 13.8 Å². The molecule has 8 heteroatoms. The van der Waals surface area contributed by atoms with Gasteiger partial charge in [0.05, 0.1) is 7.11 Å². The highest BCUT2D eigenvalue weighted by molar-refractivity contribution is 6.09. The molecule has 0 aromatic heterocycles. The molecular weight excluding hydrogens is 326 g/mol. The Morgan fingerprint density at radius 1 is 1.28 bits per heavy atom. The largest absolute Gasteiger partial charge is 0.467 e. The van der Waals surface area contributed by atoms with Crippen molar-refractivity contribution in [3.63, 3.8) is 0 Å². The minimum absolute atomic E-state index is 0.121. The van der Waals surface area contributed by atoms with Crippen molar-refractivity contribution in [1.82, 2.24) is 15.5 Å². The molecule has 140 valence electrons. The Bertz CT molecular complexity index is 556. The number of ether oxygens (including phenoxy) is 1. The molecule has 0 bridgehead atoms. The Hall–Kier alpha value is -2.12. The number of esters is 1. The third-order valence-corrected chi connectivity index (χ3v) is 5.24. The molecule has 0 unspecified atom stereocenters. The summed E-state index contributed by atoms with van der Waals surface area (Å²) >= 11 is 0. The number of amides is 4. The third kappa shape index (κ3) is 3.93. The molecule has 1 heterocycles. The van der Waals surface area contributed by atoms with Gasteiger partial charge in [-0.2, -0.15) is 0 Å². The first kappa shape index (κ1) is 19.2. The lowest BCUT2D eigenvalue weighted by atomic mass is 9.82. The van der Waals surface area contributed by atoms with Gasteiger partial charge in [0.15, 0.2) is 0 Å². The van der Waals surface area contributed by atoms with Crippen LogP contribution in [0, 0.1) is 5.92 Å². The SMILES string of the molecule is CC[C@H](C)[C@H](NC(=O)CN1C(=O)NC2(CCCCC2)C1=O)C(=O)OC. The maximum absolute atomic E-state index is 12.7. The van der Waals surface area contributed by atoms with E-state index in [1.54, 1.807) is 0 Å². The summed E-state index contributed by atoms with van der Waals surface area (Å²) in [6, 6.07) is -1.34. The van der Waals surface area contributed by atoms with Gasteiger partial charge >= 0.3 is 12.0 Å². The number of carbonyl (C=O) groups is 4. The van der Waals surface area contributed by atoms with Crippen LogP contribution >= 0.6 is 0 Å². The number of rotatable bonds is 6. The highest BCUT2D eigenvalue weighted by atomic mass is 16.5. The Labute approximate surface area is 147 Å². The molecule has 0 aromatic rings. The summed E-state index contributed by atoms with van der Waals surface area (Å²) in [7, 11) is 1.26. The molecule has 2 fully saturated rings. The van der Waals surface area contributed by atoms with E-state index >= 15 is 0 Å². The molecule has 0 radical (unpaired) electrons. The molecule has 8 nitrogen and oxygen atoms in total. The van der Waals surface area contributed by atoms with Crippen LogP contribution in [0.4, 0.5) is 4.79 Å². The van der Waals surface area contributed by atoms with Crippen molar-refractivity contribution in [2.75, 3.05) is 13.7 Å². The quantitative estimate of drug-likeness (QED) is 0.546. The van der Waals surface area contributed by atoms with Crippen LogP contribution in [0.25, 0.3) is 0 Å². The van der Waals surface area contributed by atoms with E-state index in [2.05, 4.69) is 10.6 Å². The van der Waals surface area contributed by atoms with Gasteiger partial charge in [-0.1, -0.05) is 39.5 Å². The van der Waals surface area contributed by atoms with E-state index in [0.717, 1.165) is 24.2 Å². The summed E-state index contributed by atoms with van der Waals surface area (Å²) in [6.45, 7) is 3.33. The number of urea groups is 1. The van der Waals surface area contributed by atoms with Crippen LogP contribution in [0.1, 0.15) is 52.4 Å². The second-order valence-electron chi connectivity index (χ2n) is 6.92. The average molecular weight is 353 g/mol. The Morgan fingerprint density at radius 3 is 2.48 bits per heavy atom. The molecule has 2 atom stereocenters. The van der Waals surface area contributed by atoms with E-state index in [9.17, 15) is 19.2 Å². The normalized spacial score (nSPS) is 21.6. The molecule has 1 saturated carbocycles. The number of hydrogen-bond donors (Lipinski definition) is 2. The molecular formula is C17H27N3O5. The molecule has 4 amide bonds. The van der Waals surface area contributed by atoms with Gasteiger partial charge in [-0.3, -0.25) is 14.5 Å². The van der Waals surface area contributed by atoms with Gasteiger partial charge in [-0.05, 0) is 18.8 Å². The maximum Gasteiger partial charge on any atom is 0.328 e. The van der Waals surface area contributed by atoms with Crippen molar-refractivity contribution in [3.8, 4) is 0 Å². The van der Waals surface area contributed by atoms with Crippen molar-refractivity contribution < 1.29 is 23.9 Å². The van der Waals surface area contributed by atoms with Gasteiger partial charge in [0.2, 0.25) is 5.91 Å². The summed E-state index contributed by atoms with van der Waals surface area (Å²) in [5.41, 5.74) is -0.853. The van der Waals surface area contributed by atoms with Crippen molar-refractivity contribution in [2.45, 2.75) is 64.0 Å². The molecule has 2 aliphatic rings. The maximum atomic E-state index is 12.7. The fraction of sp³-hybridized carbons (Fsp3) is 0.765. The van der Waals surface area contributed by atoms with E-state index < -0.39 is 36.0 Å². The minimum Gasteiger partial charge on any atom is -0.467 e. The topological polar surface area (TPSA) is 105 Å². The lowest BCUT2D eigenvalue weighted by Gasteiger charge is -2.30. The van der Waals surface area contributed by atoms with E-state index in [4.69, 9.17) is 4.74 Å². The molecule has 2 N–H and O–H groups in total. The number of carbonyl (C=O) groups excluding carboxylic acids is 4. The van der Waals surface area contributed by atoms with Gasteiger partial charge in [-0.25, -0.2) is 9.59 Å². The second kappa shape index (κ2) is 7.84. The Morgan fingerprint density at radius 2 is 1.92 bits per heavy atom. The smallest absolute Gasteiger partial charge is 0.328 e. The summed E-state index contributed by atoms with van der Waals surface area (Å²) < 4.78 is 4.72. The average Bonchev–Trinajstić information content (AvgIpc) is 2.83. The first-order chi connectivity index (χ1) is 11.8. The number of hydrogen-bond acceptors (Lipinski definition) is 5. The number of nitrogens with one attached hydrogen (secondary N) is 2.